The number of hydrogen-bond donors (Lipinski definition) is 2. The molecule has 1 saturated carbocycles. The number of carbonyl (C=O) groups excluding carboxylic acids is 6. The number of unbranched alkanes of at least 4 members (excludes halogenated alkanes) is 4. The van der Waals surface area contributed by atoms with Crippen LogP contribution in [0.5, 0.6) is 0 Å². The van der Waals surface area contributed by atoms with Gasteiger partial charge in [-0.3, -0.25) is 24.0 Å². The highest BCUT2D eigenvalue weighted by atomic mass is 16.8. The highest BCUT2D eigenvalue weighted by molar-refractivity contribution is 5.96. The molecule has 7 rings (SSSR count). The normalized spacial score (nSPS) is 26.8. The summed E-state index contributed by atoms with van der Waals surface area (Å²) in [6.45, 7) is 12.7. The highest BCUT2D eigenvalue weighted by Gasteiger charge is 2.77. The fraction of sp³-hybridized carbons (Fsp3) is 0.636. The average Bonchev–Trinajstić information content (AvgIpc) is 3.98. The molecule has 2 N–H and O–H groups in total. The molecule has 72 heavy (non-hydrogen) atoms. The van der Waals surface area contributed by atoms with E-state index in [9.17, 15) is 29.1 Å². The molecule has 2 aromatic carbocycles. The second kappa shape index (κ2) is 22.9. The molecule has 5 fully saturated rings. The van der Waals surface area contributed by atoms with E-state index in [2.05, 4.69) is 19.2 Å². The Kier molecular flexibility index (Phi) is 17.4. The summed E-state index contributed by atoms with van der Waals surface area (Å²) in [7, 11) is 1.54. The van der Waals surface area contributed by atoms with Gasteiger partial charge in [0.05, 0.1) is 19.2 Å². The van der Waals surface area contributed by atoms with Crippen molar-refractivity contribution in [2.24, 2.45) is 10.8 Å². The Labute approximate surface area is 423 Å². The molecule has 394 valence electrons. The van der Waals surface area contributed by atoms with Gasteiger partial charge < -0.3 is 43.7 Å². The lowest BCUT2D eigenvalue weighted by Gasteiger charge is -2.50. The highest BCUT2D eigenvalue weighted by Crippen LogP contribution is 2.59. The van der Waals surface area contributed by atoms with E-state index in [-0.39, 0.29) is 38.8 Å². The van der Waals surface area contributed by atoms with Crippen LogP contribution < -0.4 is 5.32 Å². The topological polar surface area (TPSA) is 206 Å². The van der Waals surface area contributed by atoms with Crippen LogP contribution in [0.4, 0.5) is 0 Å². The molecule has 2 bridgehead atoms. The van der Waals surface area contributed by atoms with Crippen LogP contribution in [0.2, 0.25) is 0 Å². The number of hydrogen-bond acceptors (Lipinski definition) is 15. The van der Waals surface area contributed by atoms with Crippen LogP contribution in [0.25, 0.3) is 6.08 Å². The SMILES string of the molecule is CCCCCC1(CCCCC)O[C@@H]2[C@H]3ON(Cc4ccccc4C=CC(=O)O[C@H]4C(=O)OCC4(C)C)[C@H]4C(=O)OC(CC34C(=O)N(C)[C@H](Cc3ccccc3)C(=O)N[C@H](CO)CCC(=O)OC(C)(C)C)[C@@H]2O1. The van der Waals surface area contributed by atoms with Crippen LogP contribution >= 0.6 is 0 Å². The lowest BCUT2D eigenvalue weighted by atomic mass is 9.62. The van der Waals surface area contributed by atoms with E-state index in [0.29, 0.717) is 24.0 Å². The number of fused-ring (bicyclic) bond motifs is 4. The molecule has 9 atom stereocenters. The van der Waals surface area contributed by atoms with Crippen molar-refractivity contribution in [3.05, 3.63) is 77.4 Å². The molecule has 17 heteroatoms. The minimum absolute atomic E-state index is 0.0143. The molecule has 1 aliphatic carbocycles. The largest absolute Gasteiger partial charge is 0.462 e. The van der Waals surface area contributed by atoms with Crippen molar-refractivity contribution in [1.29, 1.82) is 0 Å². The Morgan fingerprint density at radius 2 is 1.60 bits per heavy atom. The number of cyclic esters (lactones) is 1. The Bertz CT molecular complexity index is 2290. The average molecular weight is 1000 g/mol. The van der Waals surface area contributed by atoms with Crippen LogP contribution in [0.1, 0.15) is 136 Å². The molecule has 4 heterocycles. The first-order valence-electron chi connectivity index (χ1n) is 25.8. The van der Waals surface area contributed by atoms with Gasteiger partial charge in [0.1, 0.15) is 48.1 Å². The number of aliphatic hydroxyl groups is 1. The Hall–Kier alpha value is -5.20. The summed E-state index contributed by atoms with van der Waals surface area (Å²) in [5.74, 6) is -4.65. The Balaban J connectivity index is 1.24. The number of likely N-dealkylation sites (N-methyl/N-ethyl adjacent to an activating group) is 1. The van der Waals surface area contributed by atoms with Crippen molar-refractivity contribution in [1.82, 2.24) is 15.3 Å². The maximum absolute atomic E-state index is 16.0. The molecule has 0 radical (unpaired) electrons. The van der Waals surface area contributed by atoms with Gasteiger partial charge in [-0.05, 0) is 62.8 Å². The zero-order valence-corrected chi connectivity index (χ0v) is 43.2. The minimum atomic E-state index is -1.65. The van der Waals surface area contributed by atoms with Gasteiger partial charge >= 0.3 is 23.9 Å². The number of benzene rings is 2. The van der Waals surface area contributed by atoms with Gasteiger partial charge in [0.25, 0.3) is 0 Å². The van der Waals surface area contributed by atoms with Crippen molar-refractivity contribution in [2.45, 2.75) is 192 Å². The van der Waals surface area contributed by atoms with Gasteiger partial charge in [-0.2, -0.15) is 5.06 Å². The zero-order chi connectivity index (χ0) is 52.0. The molecule has 2 unspecified atom stereocenters. The molecular formula is C55H75N3O14. The third-order valence-electron chi connectivity index (χ3n) is 14.5. The number of carbonyl (C=O) groups is 6. The molecule has 4 saturated heterocycles. The first-order chi connectivity index (χ1) is 34.2. The van der Waals surface area contributed by atoms with Crippen molar-refractivity contribution >= 4 is 41.8 Å². The zero-order valence-electron chi connectivity index (χ0n) is 43.2. The van der Waals surface area contributed by atoms with E-state index in [4.69, 9.17) is 33.3 Å². The van der Waals surface area contributed by atoms with E-state index in [1.165, 1.54) is 16.0 Å². The summed E-state index contributed by atoms with van der Waals surface area (Å²) in [4.78, 5) is 92.1. The lowest BCUT2D eigenvalue weighted by Crippen LogP contribution is -2.70. The monoisotopic (exact) mass is 1000 g/mol. The van der Waals surface area contributed by atoms with E-state index in [1.807, 2.05) is 36.4 Å². The molecule has 2 aromatic rings. The Morgan fingerprint density at radius 1 is 0.931 bits per heavy atom. The second-order valence-corrected chi connectivity index (χ2v) is 21.8. The van der Waals surface area contributed by atoms with Crippen molar-refractivity contribution in [3.8, 4) is 0 Å². The first-order valence-corrected chi connectivity index (χ1v) is 25.8. The predicted molar refractivity (Wildman–Crippen MR) is 263 cm³/mol. The molecule has 0 spiro atoms. The van der Waals surface area contributed by atoms with Crippen LogP contribution in [0, 0.1) is 10.8 Å². The fourth-order valence-electron chi connectivity index (χ4n) is 10.8. The lowest BCUT2D eigenvalue weighted by molar-refractivity contribution is -0.225. The summed E-state index contributed by atoms with van der Waals surface area (Å²) in [5.41, 5.74) is -1.11. The molecule has 5 aliphatic rings. The number of ether oxygens (including phenoxy) is 6. The van der Waals surface area contributed by atoms with Crippen molar-refractivity contribution in [3.63, 3.8) is 0 Å². The molecule has 4 aliphatic heterocycles. The van der Waals surface area contributed by atoms with Gasteiger partial charge in [0.2, 0.25) is 17.9 Å². The first kappa shape index (κ1) is 54.6. The van der Waals surface area contributed by atoms with Crippen LogP contribution in [-0.4, -0.2) is 131 Å². The van der Waals surface area contributed by atoms with Gasteiger partial charge in [0, 0.05) is 50.6 Å². The van der Waals surface area contributed by atoms with E-state index in [1.54, 1.807) is 65.9 Å². The predicted octanol–water partition coefficient (Wildman–Crippen LogP) is 6.30. The number of nitrogens with one attached hydrogen (secondary N) is 1. The Morgan fingerprint density at radius 3 is 2.24 bits per heavy atom. The quantitative estimate of drug-likeness (QED) is 0.0542. The maximum Gasteiger partial charge on any atom is 0.348 e. The summed E-state index contributed by atoms with van der Waals surface area (Å²) in [6.07, 6.45) is 5.01. The second-order valence-electron chi connectivity index (χ2n) is 21.8. The maximum atomic E-state index is 16.0. The summed E-state index contributed by atoms with van der Waals surface area (Å²) < 4.78 is 36.6. The van der Waals surface area contributed by atoms with Crippen LogP contribution in [-0.2, 0) is 75.0 Å². The summed E-state index contributed by atoms with van der Waals surface area (Å²) in [5, 5.41) is 14.8. The van der Waals surface area contributed by atoms with E-state index < -0.39 is 113 Å². The molecule has 2 amide bonds. The van der Waals surface area contributed by atoms with Gasteiger partial charge in [0.15, 0.2) is 11.8 Å². The van der Waals surface area contributed by atoms with Crippen molar-refractivity contribution in [2.75, 3.05) is 20.3 Å². The smallest absolute Gasteiger partial charge is 0.348 e. The standard InChI is InChI=1S/C55H75N3O14/c1-9-11-18-28-54(29-19-12-10-2)70-43-40-31-55(51(65)57(8)39(30-35-20-14-13-15-21-35)48(62)56-38(33-59)25-27-42(61)69-52(3,4)5)45(49(63)67-40)58(72-46(55)44(43)71-54)32-37-23-17-16-22-36(37)24-26-41(60)68-47-50(64)66-34-53(47,6)7/h13-17,20-24,26,38-40,43-47,59H,9-12,18-19,25,27-34H2,1-8H3,(H,56,62)/t38-,39+,40?,43-,44-,45-,46+,47-,55?/m0/s1. The van der Waals surface area contributed by atoms with Gasteiger partial charge in [-0.1, -0.05) is 108 Å². The van der Waals surface area contributed by atoms with Crippen molar-refractivity contribution < 1.29 is 67.1 Å². The third kappa shape index (κ3) is 12.1. The number of aliphatic hydroxyl groups excluding tert-OH is 1. The number of nitrogens with zero attached hydrogens (tertiary/aromatic N) is 2. The van der Waals surface area contributed by atoms with E-state index in [0.717, 1.165) is 44.1 Å². The van der Waals surface area contributed by atoms with Crippen LogP contribution in [0.15, 0.2) is 60.7 Å². The van der Waals surface area contributed by atoms with Gasteiger partial charge in [-0.25, -0.2) is 9.59 Å². The number of rotatable bonds is 23. The minimum Gasteiger partial charge on any atom is -0.462 e. The molecule has 0 aromatic heterocycles. The van der Waals surface area contributed by atoms with Gasteiger partial charge in [-0.15, -0.1) is 0 Å². The third-order valence-corrected chi connectivity index (χ3v) is 14.5. The summed E-state index contributed by atoms with van der Waals surface area (Å²) >= 11 is 0. The number of hydroxylamine groups is 2. The number of amides is 2. The van der Waals surface area contributed by atoms with E-state index >= 15 is 4.79 Å². The van der Waals surface area contributed by atoms with Crippen LogP contribution in [0.3, 0.4) is 0 Å². The fourth-order valence-corrected chi connectivity index (χ4v) is 10.8. The molecule has 17 nitrogen and oxygen atoms in total. The summed E-state index contributed by atoms with van der Waals surface area (Å²) in [6, 6.07) is 13.1. The molecular weight excluding hydrogens is 927 g/mol. The number of esters is 4.